The number of phenolic OH excluding ortho intramolecular Hbond substituents is 1. The Balaban J connectivity index is 1.58. The van der Waals surface area contributed by atoms with Gasteiger partial charge in [0.2, 0.25) is 0 Å². The Morgan fingerprint density at radius 1 is 1.16 bits per heavy atom. The molecule has 2 aromatic carbocycles. The highest BCUT2D eigenvalue weighted by atomic mass is 35.5. The first-order valence-corrected chi connectivity index (χ1v) is 7.88. The molecule has 0 fully saturated rings. The van der Waals surface area contributed by atoms with Gasteiger partial charge < -0.3 is 5.11 Å². The molecule has 1 amide bonds. The molecular formula is C18H15ClN4O2. The van der Waals surface area contributed by atoms with Crippen molar-refractivity contribution in [1.82, 2.24) is 15.2 Å². The van der Waals surface area contributed by atoms with Crippen LogP contribution < -0.4 is 5.43 Å². The zero-order valence-electron chi connectivity index (χ0n) is 13.1. The number of carbonyl (C=O) groups is 1. The third-order valence-electron chi connectivity index (χ3n) is 3.40. The lowest BCUT2D eigenvalue weighted by atomic mass is 10.2. The molecule has 0 bridgehead atoms. The number of hydrazone groups is 1. The van der Waals surface area contributed by atoms with Gasteiger partial charge in [-0.1, -0.05) is 23.7 Å². The zero-order chi connectivity index (χ0) is 17.6. The smallest absolute Gasteiger partial charge is 0.291 e. The first kappa shape index (κ1) is 16.7. The van der Waals surface area contributed by atoms with E-state index in [0.29, 0.717) is 11.6 Å². The van der Waals surface area contributed by atoms with Crippen molar-refractivity contribution in [2.24, 2.45) is 5.10 Å². The van der Waals surface area contributed by atoms with Crippen LogP contribution in [0.5, 0.6) is 5.75 Å². The summed E-state index contributed by atoms with van der Waals surface area (Å²) in [5.41, 5.74) is 4.48. The summed E-state index contributed by atoms with van der Waals surface area (Å²) in [6, 6.07) is 15.5. The fourth-order valence-corrected chi connectivity index (χ4v) is 2.26. The van der Waals surface area contributed by atoms with E-state index >= 15 is 0 Å². The quantitative estimate of drug-likeness (QED) is 0.546. The van der Waals surface area contributed by atoms with Crippen molar-refractivity contribution in [1.29, 1.82) is 0 Å². The number of phenols is 1. The van der Waals surface area contributed by atoms with E-state index in [2.05, 4.69) is 15.6 Å². The highest BCUT2D eigenvalue weighted by molar-refractivity contribution is 6.30. The van der Waals surface area contributed by atoms with Crippen LogP contribution in [-0.4, -0.2) is 27.0 Å². The number of nitrogens with zero attached hydrogens (tertiary/aromatic N) is 3. The van der Waals surface area contributed by atoms with Crippen LogP contribution in [0.3, 0.4) is 0 Å². The lowest BCUT2D eigenvalue weighted by molar-refractivity contribution is 0.0949. The average Bonchev–Trinajstić information content (AvgIpc) is 3.07. The van der Waals surface area contributed by atoms with Crippen molar-refractivity contribution in [3.8, 4) is 5.75 Å². The summed E-state index contributed by atoms with van der Waals surface area (Å²) >= 11 is 5.86. The Bertz CT molecular complexity index is 886. The molecule has 6 nitrogen and oxygen atoms in total. The molecule has 0 aliphatic rings. The van der Waals surface area contributed by atoms with E-state index < -0.39 is 5.91 Å². The van der Waals surface area contributed by atoms with Gasteiger partial charge in [-0.05, 0) is 53.6 Å². The maximum Gasteiger partial charge on any atom is 0.291 e. The summed E-state index contributed by atoms with van der Waals surface area (Å²) in [7, 11) is 0. The van der Waals surface area contributed by atoms with Crippen molar-refractivity contribution in [3.05, 3.63) is 82.6 Å². The standard InChI is InChI=1S/C18H15ClN4O2/c19-15-5-1-14(2-6-15)12-23-10-9-17(22-23)18(25)21-20-11-13-3-7-16(24)8-4-13/h1-11,24H,12H2,(H,21,25). The summed E-state index contributed by atoms with van der Waals surface area (Å²) in [5, 5.41) is 18.0. The van der Waals surface area contributed by atoms with Crippen LogP contribution in [0.15, 0.2) is 65.9 Å². The number of hydrogen-bond acceptors (Lipinski definition) is 4. The minimum Gasteiger partial charge on any atom is -0.508 e. The monoisotopic (exact) mass is 354 g/mol. The fraction of sp³-hybridized carbons (Fsp3) is 0.0556. The van der Waals surface area contributed by atoms with Gasteiger partial charge in [-0.2, -0.15) is 10.2 Å². The Kier molecular flexibility index (Phi) is 5.11. The molecule has 0 spiro atoms. The molecule has 0 unspecified atom stereocenters. The number of carbonyl (C=O) groups excluding carboxylic acids is 1. The second kappa shape index (κ2) is 7.63. The van der Waals surface area contributed by atoms with Crippen molar-refractivity contribution < 1.29 is 9.90 Å². The second-order valence-electron chi connectivity index (χ2n) is 5.32. The van der Waals surface area contributed by atoms with Crippen LogP contribution in [0.1, 0.15) is 21.6 Å². The molecule has 1 aromatic heterocycles. The first-order valence-electron chi connectivity index (χ1n) is 7.50. The van der Waals surface area contributed by atoms with Gasteiger partial charge in [0, 0.05) is 11.2 Å². The molecule has 0 atom stereocenters. The molecule has 3 rings (SSSR count). The van der Waals surface area contributed by atoms with E-state index in [1.807, 2.05) is 24.3 Å². The van der Waals surface area contributed by atoms with Gasteiger partial charge in [0.05, 0.1) is 12.8 Å². The van der Waals surface area contributed by atoms with E-state index in [4.69, 9.17) is 11.6 Å². The summed E-state index contributed by atoms with van der Waals surface area (Å²) in [4.78, 5) is 12.0. The van der Waals surface area contributed by atoms with E-state index in [1.165, 1.54) is 6.21 Å². The lowest BCUT2D eigenvalue weighted by Crippen LogP contribution is -2.18. The van der Waals surface area contributed by atoms with Crippen molar-refractivity contribution in [2.75, 3.05) is 0 Å². The highest BCUT2D eigenvalue weighted by Gasteiger charge is 2.08. The average molecular weight is 355 g/mol. The summed E-state index contributed by atoms with van der Waals surface area (Å²) in [6.45, 7) is 0.543. The third kappa shape index (κ3) is 4.68. The van der Waals surface area contributed by atoms with Crippen LogP contribution in [-0.2, 0) is 6.54 Å². The maximum absolute atomic E-state index is 12.0. The zero-order valence-corrected chi connectivity index (χ0v) is 13.9. The lowest BCUT2D eigenvalue weighted by Gasteiger charge is -2.02. The van der Waals surface area contributed by atoms with Crippen LogP contribution in [0.4, 0.5) is 0 Å². The number of rotatable bonds is 5. The molecule has 2 N–H and O–H groups in total. The normalized spacial score (nSPS) is 10.9. The molecule has 0 saturated carbocycles. The Morgan fingerprint density at radius 3 is 2.60 bits per heavy atom. The minimum atomic E-state index is -0.398. The molecule has 126 valence electrons. The summed E-state index contributed by atoms with van der Waals surface area (Å²) in [5.74, 6) is -0.225. The SMILES string of the molecule is O=C(NN=Cc1ccc(O)cc1)c1ccn(Cc2ccc(Cl)cc2)n1. The highest BCUT2D eigenvalue weighted by Crippen LogP contribution is 2.11. The summed E-state index contributed by atoms with van der Waals surface area (Å²) < 4.78 is 1.67. The number of hydrogen-bond donors (Lipinski definition) is 2. The Morgan fingerprint density at radius 2 is 1.88 bits per heavy atom. The maximum atomic E-state index is 12.0. The first-order chi connectivity index (χ1) is 12.1. The van der Waals surface area contributed by atoms with Gasteiger partial charge in [0.15, 0.2) is 5.69 Å². The van der Waals surface area contributed by atoms with Gasteiger partial charge in [0.25, 0.3) is 5.91 Å². The van der Waals surface area contributed by atoms with Gasteiger partial charge in [-0.15, -0.1) is 0 Å². The number of amides is 1. The molecule has 3 aromatic rings. The molecule has 0 aliphatic heterocycles. The molecule has 1 heterocycles. The topological polar surface area (TPSA) is 79.5 Å². The van der Waals surface area contributed by atoms with E-state index in [1.54, 1.807) is 41.2 Å². The predicted octanol–water partition coefficient (Wildman–Crippen LogP) is 3.05. The fourth-order valence-electron chi connectivity index (χ4n) is 2.13. The van der Waals surface area contributed by atoms with E-state index in [-0.39, 0.29) is 11.4 Å². The summed E-state index contributed by atoms with van der Waals surface area (Å²) in [6.07, 6.45) is 3.22. The molecule has 0 aliphatic carbocycles. The van der Waals surface area contributed by atoms with Crippen LogP contribution >= 0.6 is 11.6 Å². The van der Waals surface area contributed by atoms with E-state index in [9.17, 15) is 9.90 Å². The van der Waals surface area contributed by atoms with Crippen molar-refractivity contribution in [2.45, 2.75) is 6.54 Å². The van der Waals surface area contributed by atoms with Gasteiger partial charge in [-0.3, -0.25) is 9.48 Å². The third-order valence-corrected chi connectivity index (χ3v) is 3.66. The predicted molar refractivity (Wildman–Crippen MR) is 95.9 cm³/mol. The number of halogens is 1. The number of benzene rings is 2. The minimum absolute atomic E-state index is 0.174. The number of nitrogens with one attached hydrogen (secondary N) is 1. The van der Waals surface area contributed by atoms with Gasteiger partial charge in [0.1, 0.15) is 5.75 Å². The Labute approximate surface area is 149 Å². The van der Waals surface area contributed by atoms with E-state index in [0.717, 1.165) is 11.1 Å². The number of aromatic hydroxyl groups is 1. The van der Waals surface area contributed by atoms with Crippen LogP contribution in [0.2, 0.25) is 5.02 Å². The van der Waals surface area contributed by atoms with Gasteiger partial charge in [-0.25, -0.2) is 5.43 Å². The van der Waals surface area contributed by atoms with Crippen molar-refractivity contribution >= 4 is 23.7 Å². The van der Waals surface area contributed by atoms with Crippen LogP contribution in [0, 0.1) is 0 Å². The number of aromatic nitrogens is 2. The Hall–Kier alpha value is -3.12. The molecular weight excluding hydrogens is 340 g/mol. The van der Waals surface area contributed by atoms with Crippen LogP contribution in [0.25, 0.3) is 0 Å². The molecule has 0 saturated heterocycles. The second-order valence-corrected chi connectivity index (χ2v) is 5.75. The molecule has 0 radical (unpaired) electrons. The van der Waals surface area contributed by atoms with Gasteiger partial charge >= 0.3 is 0 Å². The van der Waals surface area contributed by atoms with Crippen molar-refractivity contribution in [3.63, 3.8) is 0 Å². The largest absolute Gasteiger partial charge is 0.508 e. The molecule has 7 heteroatoms. The molecule has 25 heavy (non-hydrogen) atoms.